The molecular formula is C13H21N5O. The van der Waals surface area contributed by atoms with Gasteiger partial charge < -0.3 is 20.7 Å². The second-order valence-electron chi connectivity index (χ2n) is 5.05. The van der Waals surface area contributed by atoms with Crippen LogP contribution in [0.25, 0.3) is 0 Å². The molecule has 1 fully saturated rings. The van der Waals surface area contributed by atoms with E-state index in [0.717, 1.165) is 51.4 Å². The monoisotopic (exact) mass is 263 g/mol. The zero-order valence-corrected chi connectivity index (χ0v) is 11.1. The van der Waals surface area contributed by atoms with E-state index in [1.54, 1.807) is 6.33 Å². The first-order valence-corrected chi connectivity index (χ1v) is 6.98. The summed E-state index contributed by atoms with van der Waals surface area (Å²) in [4.78, 5) is 11.3. The summed E-state index contributed by atoms with van der Waals surface area (Å²) in [6.07, 6.45) is 3.78. The Labute approximate surface area is 113 Å². The lowest BCUT2D eigenvalue weighted by atomic mass is 10.1. The van der Waals surface area contributed by atoms with Crippen LogP contribution in [0.3, 0.4) is 0 Å². The van der Waals surface area contributed by atoms with Gasteiger partial charge >= 0.3 is 0 Å². The van der Waals surface area contributed by atoms with Crippen molar-refractivity contribution in [3.05, 3.63) is 17.6 Å². The lowest BCUT2D eigenvalue weighted by molar-refractivity contribution is 0.0462. The molecule has 0 radical (unpaired) electrons. The first-order chi connectivity index (χ1) is 9.38. The standard InChI is InChI=1S/C13H21N5O/c14-7-10-8-18(5-6-19-10)13-11-1-3-15-4-2-12(11)16-9-17-13/h9-10,15H,1-8,14H2/t10-/m0/s1. The summed E-state index contributed by atoms with van der Waals surface area (Å²) in [5.74, 6) is 1.08. The number of hydrogen-bond donors (Lipinski definition) is 2. The molecule has 0 aliphatic carbocycles. The van der Waals surface area contributed by atoms with Crippen molar-refractivity contribution in [2.45, 2.75) is 18.9 Å². The van der Waals surface area contributed by atoms with E-state index >= 15 is 0 Å². The van der Waals surface area contributed by atoms with Crippen LogP contribution >= 0.6 is 0 Å². The molecule has 104 valence electrons. The Hall–Kier alpha value is -1.24. The third-order valence-electron chi connectivity index (χ3n) is 3.80. The molecule has 1 aromatic heterocycles. The van der Waals surface area contributed by atoms with Crippen LogP contribution in [0.2, 0.25) is 0 Å². The summed E-state index contributed by atoms with van der Waals surface area (Å²) in [6.45, 7) is 4.99. The molecule has 1 aromatic rings. The highest BCUT2D eigenvalue weighted by Crippen LogP contribution is 2.23. The van der Waals surface area contributed by atoms with Crippen LogP contribution in [-0.4, -0.2) is 55.4 Å². The van der Waals surface area contributed by atoms with Gasteiger partial charge in [-0.1, -0.05) is 0 Å². The second kappa shape index (κ2) is 5.81. The highest BCUT2D eigenvalue weighted by atomic mass is 16.5. The van der Waals surface area contributed by atoms with E-state index in [1.165, 1.54) is 11.3 Å². The van der Waals surface area contributed by atoms with E-state index in [1.807, 2.05) is 0 Å². The van der Waals surface area contributed by atoms with Gasteiger partial charge in [0.15, 0.2) is 0 Å². The van der Waals surface area contributed by atoms with Gasteiger partial charge in [-0.3, -0.25) is 0 Å². The van der Waals surface area contributed by atoms with Crippen molar-refractivity contribution in [2.75, 3.05) is 44.2 Å². The summed E-state index contributed by atoms with van der Waals surface area (Å²) in [7, 11) is 0. The van der Waals surface area contributed by atoms with Crippen molar-refractivity contribution in [2.24, 2.45) is 5.73 Å². The van der Waals surface area contributed by atoms with Crippen molar-refractivity contribution < 1.29 is 4.74 Å². The van der Waals surface area contributed by atoms with Crippen LogP contribution in [0.4, 0.5) is 5.82 Å². The largest absolute Gasteiger partial charge is 0.373 e. The Bertz CT molecular complexity index is 439. The van der Waals surface area contributed by atoms with Gasteiger partial charge in [-0.15, -0.1) is 0 Å². The molecule has 0 unspecified atom stereocenters. The summed E-state index contributed by atoms with van der Waals surface area (Å²) in [5, 5.41) is 3.41. The highest BCUT2D eigenvalue weighted by Gasteiger charge is 2.24. The van der Waals surface area contributed by atoms with Gasteiger partial charge in [-0.05, 0) is 13.0 Å². The Morgan fingerprint density at radius 1 is 1.37 bits per heavy atom. The van der Waals surface area contributed by atoms with Gasteiger partial charge in [0.25, 0.3) is 0 Å². The topological polar surface area (TPSA) is 76.3 Å². The molecule has 0 saturated carbocycles. The quantitative estimate of drug-likeness (QED) is 0.737. The minimum atomic E-state index is 0.114. The molecule has 0 aromatic carbocycles. The smallest absolute Gasteiger partial charge is 0.135 e. The third-order valence-corrected chi connectivity index (χ3v) is 3.80. The lowest BCUT2D eigenvalue weighted by Gasteiger charge is -2.34. The van der Waals surface area contributed by atoms with Gasteiger partial charge in [0.1, 0.15) is 12.1 Å². The van der Waals surface area contributed by atoms with Crippen molar-refractivity contribution in [3.8, 4) is 0 Å². The number of anilines is 1. The zero-order chi connectivity index (χ0) is 13.1. The van der Waals surface area contributed by atoms with E-state index in [4.69, 9.17) is 10.5 Å². The normalized spacial score (nSPS) is 23.8. The molecule has 2 aliphatic rings. The van der Waals surface area contributed by atoms with Crippen LogP contribution in [0.15, 0.2) is 6.33 Å². The molecule has 1 saturated heterocycles. The third kappa shape index (κ3) is 2.70. The molecule has 3 N–H and O–H groups in total. The SMILES string of the molecule is NC[C@H]1CN(c2ncnc3c2CCNCC3)CCO1. The van der Waals surface area contributed by atoms with E-state index in [-0.39, 0.29) is 6.10 Å². The molecule has 0 amide bonds. The number of aromatic nitrogens is 2. The molecule has 19 heavy (non-hydrogen) atoms. The van der Waals surface area contributed by atoms with E-state index < -0.39 is 0 Å². The van der Waals surface area contributed by atoms with Gasteiger partial charge in [-0.25, -0.2) is 9.97 Å². The van der Waals surface area contributed by atoms with Crippen LogP contribution in [0, 0.1) is 0 Å². The molecule has 6 nitrogen and oxygen atoms in total. The fourth-order valence-electron chi connectivity index (χ4n) is 2.78. The van der Waals surface area contributed by atoms with Crippen molar-refractivity contribution >= 4 is 5.82 Å². The molecule has 3 heterocycles. The summed E-state index contributed by atoms with van der Waals surface area (Å²) in [5.41, 5.74) is 8.19. The predicted octanol–water partition coefficient (Wildman–Crippen LogP) is -0.671. The Morgan fingerprint density at radius 3 is 3.16 bits per heavy atom. The number of nitrogens with two attached hydrogens (primary N) is 1. The van der Waals surface area contributed by atoms with Crippen LogP contribution in [0.1, 0.15) is 11.3 Å². The zero-order valence-electron chi connectivity index (χ0n) is 11.1. The molecule has 2 aliphatic heterocycles. The summed E-state index contributed by atoms with van der Waals surface area (Å²) < 4.78 is 5.63. The molecular weight excluding hydrogens is 242 g/mol. The van der Waals surface area contributed by atoms with Gasteiger partial charge in [-0.2, -0.15) is 0 Å². The number of rotatable bonds is 2. The number of hydrogen-bond acceptors (Lipinski definition) is 6. The average molecular weight is 263 g/mol. The Balaban J connectivity index is 1.87. The van der Waals surface area contributed by atoms with Crippen LogP contribution < -0.4 is 16.0 Å². The number of nitrogens with one attached hydrogen (secondary N) is 1. The van der Waals surface area contributed by atoms with Gasteiger partial charge in [0.2, 0.25) is 0 Å². The summed E-state index contributed by atoms with van der Waals surface area (Å²) in [6, 6.07) is 0. The molecule has 6 heteroatoms. The predicted molar refractivity (Wildman–Crippen MR) is 73.3 cm³/mol. The van der Waals surface area contributed by atoms with Crippen molar-refractivity contribution in [3.63, 3.8) is 0 Å². The van der Waals surface area contributed by atoms with Crippen molar-refractivity contribution in [1.29, 1.82) is 0 Å². The fraction of sp³-hybridized carbons (Fsp3) is 0.692. The minimum Gasteiger partial charge on any atom is -0.373 e. The van der Waals surface area contributed by atoms with Gasteiger partial charge in [0.05, 0.1) is 18.4 Å². The maximum atomic E-state index is 5.71. The van der Waals surface area contributed by atoms with Crippen LogP contribution in [0.5, 0.6) is 0 Å². The number of ether oxygens (including phenoxy) is 1. The van der Waals surface area contributed by atoms with E-state index in [2.05, 4.69) is 20.2 Å². The number of fused-ring (bicyclic) bond motifs is 1. The molecule has 0 bridgehead atoms. The average Bonchev–Trinajstić information content (AvgIpc) is 2.72. The number of nitrogens with zero attached hydrogens (tertiary/aromatic N) is 3. The number of morpholine rings is 1. The minimum absolute atomic E-state index is 0.114. The fourth-order valence-corrected chi connectivity index (χ4v) is 2.78. The second-order valence-corrected chi connectivity index (χ2v) is 5.05. The summed E-state index contributed by atoms with van der Waals surface area (Å²) >= 11 is 0. The van der Waals surface area contributed by atoms with Gasteiger partial charge in [0, 0.05) is 38.2 Å². The maximum Gasteiger partial charge on any atom is 0.135 e. The first kappa shape index (κ1) is 12.8. The first-order valence-electron chi connectivity index (χ1n) is 6.98. The van der Waals surface area contributed by atoms with E-state index in [0.29, 0.717) is 6.54 Å². The molecule has 1 atom stereocenters. The Kier molecular flexibility index (Phi) is 3.91. The molecule has 0 spiro atoms. The lowest BCUT2D eigenvalue weighted by Crippen LogP contribution is -2.46. The molecule has 3 rings (SSSR count). The van der Waals surface area contributed by atoms with Crippen molar-refractivity contribution in [1.82, 2.24) is 15.3 Å². The Morgan fingerprint density at radius 2 is 2.26 bits per heavy atom. The highest BCUT2D eigenvalue weighted by molar-refractivity contribution is 5.49. The van der Waals surface area contributed by atoms with E-state index in [9.17, 15) is 0 Å². The maximum absolute atomic E-state index is 5.71. The van der Waals surface area contributed by atoms with Crippen LogP contribution in [-0.2, 0) is 17.6 Å².